The standard InChI is InChI=1S/C15H15ClN2O3/c16-11-8-12(18-9-11)15(19)17-4-3-10-1-2-13-14(7-10)21-6-5-20-13/h1-2,7-9,18H,3-6H2,(H,17,19). The van der Waals surface area contributed by atoms with Crippen molar-refractivity contribution in [3.05, 3.63) is 46.7 Å². The molecule has 0 bridgehead atoms. The van der Waals surface area contributed by atoms with E-state index in [2.05, 4.69) is 10.3 Å². The highest BCUT2D eigenvalue weighted by atomic mass is 35.5. The number of carbonyl (C=O) groups is 1. The van der Waals surface area contributed by atoms with Crippen molar-refractivity contribution < 1.29 is 14.3 Å². The molecule has 0 unspecified atom stereocenters. The zero-order chi connectivity index (χ0) is 14.7. The minimum atomic E-state index is -0.167. The SMILES string of the molecule is O=C(NCCc1ccc2c(c1)OCCO2)c1cc(Cl)c[nH]1. The van der Waals surface area contributed by atoms with Gasteiger partial charge in [-0.1, -0.05) is 17.7 Å². The molecular formula is C15H15ClN2O3. The fourth-order valence-electron chi connectivity index (χ4n) is 2.16. The third kappa shape index (κ3) is 3.31. The van der Waals surface area contributed by atoms with Gasteiger partial charge in [0.05, 0.1) is 5.02 Å². The van der Waals surface area contributed by atoms with E-state index in [1.54, 1.807) is 12.3 Å². The molecule has 21 heavy (non-hydrogen) atoms. The van der Waals surface area contributed by atoms with Crippen LogP contribution in [0.3, 0.4) is 0 Å². The third-order valence-electron chi connectivity index (χ3n) is 3.20. The zero-order valence-electron chi connectivity index (χ0n) is 11.3. The van der Waals surface area contributed by atoms with Crippen LogP contribution in [0.5, 0.6) is 11.5 Å². The molecule has 0 radical (unpaired) electrons. The first kappa shape index (κ1) is 13.8. The molecule has 3 rings (SSSR count). The number of aromatic amines is 1. The molecule has 2 N–H and O–H groups in total. The van der Waals surface area contributed by atoms with Gasteiger partial charge in [0.15, 0.2) is 11.5 Å². The minimum absolute atomic E-state index is 0.167. The Morgan fingerprint density at radius 2 is 2.05 bits per heavy atom. The van der Waals surface area contributed by atoms with Crippen LogP contribution in [-0.2, 0) is 6.42 Å². The van der Waals surface area contributed by atoms with Crippen LogP contribution in [0.25, 0.3) is 0 Å². The molecule has 0 aliphatic carbocycles. The van der Waals surface area contributed by atoms with Crippen LogP contribution in [0, 0.1) is 0 Å². The second kappa shape index (κ2) is 6.10. The maximum absolute atomic E-state index is 11.8. The number of fused-ring (bicyclic) bond motifs is 1. The van der Waals surface area contributed by atoms with Crippen molar-refractivity contribution in [2.24, 2.45) is 0 Å². The average molecular weight is 307 g/mol. The molecule has 1 aliphatic heterocycles. The van der Waals surface area contributed by atoms with Crippen LogP contribution in [-0.4, -0.2) is 30.6 Å². The number of amides is 1. The molecule has 0 spiro atoms. The van der Waals surface area contributed by atoms with Crippen molar-refractivity contribution in [2.45, 2.75) is 6.42 Å². The summed E-state index contributed by atoms with van der Waals surface area (Å²) in [7, 11) is 0. The highest BCUT2D eigenvalue weighted by Crippen LogP contribution is 2.30. The highest BCUT2D eigenvalue weighted by Gasteiger charge is 2.12. The van der Waals surface area contributed by atoms with Gasteiger partial charge in [-0.25, -0.2) is 0 Å². The number of aromatic nitrogens is 1. The number of benzene rings is 1. The first-order valence-electron chi connectivity index (χ1n) is 6.73. The lowest BCUT2D eigenvalue weighted by Crippen LogP contribution is -2.26. The number of H-pyrrole nitrogens is 1. The molecule has 1 aliphatic rings. The largest absolute Gasteiger partial charge is 0.486 e. The van der Waals surface area contributed by atoms with Gasteiger partial charge < -0.3 is 19.8 Å². The van der Waals surface area contributed by atoms with E-state index >= 15 is 0 Å². The number of nitrogens with one attached hydrogen (secondary N) is 2. The number of hydrogen-bond donors (Lipinski definition) is 2. The monoisotopic (exact) mass is 306 g/mol. The van der Waals surface area contributed by atoms with Crippen LogP contribution in [0.4, 0.5) is 0 Å². The van der Waals surface area contributed by atoms with Gasteiger partial charge in [0.2, 0.25) is 0 Å². The van der Waals surface area contributed by atoms with Crippen molar-refractivity contribution in [2.75, 3.05) is 19.8 Å². The predicted molar refractivity (Wildman–Crippen MR) is 79.3 cm³/mol. The summed E-state index contributed by atoms with van der Waals surface area (Å²) in [6.07, 6.45) is 2.30. The lowest BCUT2D eigenvalue weighted by atomic mass is 10.1. The van der Waals surface area contributed by atoms with E-state index in [9.17, 15) is 4.79 Å². The molecule has 2 heterocycles. The normalized spacial score (nSPS) is 13.0. The summed E-state index contributed by atoms with van der Waals surface area (Å²) in [5.41, 5.74) is 1.55. The first-order valence-corrected chi connectivity index (χ1v) is 7.11. The second-order valence-corrected chi connectivity index (χ2v) is 5.15. The molecule has 5 nitrogen and oxygen atoms in total. The molecule has 0 fully saturated rings. The Morgan fingerprint density at radius 3 is 2.81 bits per heavy atom. The number of hydrogen-bond acceptors (Lipinski definition) is 3. The molecule has 0 saturated carbocycles. The fourth-order valence-corrected chi connectivity index (χ4v) is 2.32. The summed E-state index contributed by atoms with van der Waals surface area (Å²) < 4.78 is 11.0. The molecule has 0 atom stereocenters. The Kier molecular flexibility index (Phi) is 4.01. The van der Waals surface area contributed by atoms with Gasteiger partial charge in [-0.05, 0) is 30.2 Å². The van der Waals surface area contributed by atoms with E-state index in [0.29, 0.717) is 30.5 Å². The van der Waals surface area contributed by atoms with Gasteiger partial charge in [-0.2, -0.15) is 0 Å². The lowest BCUT2D eigenvalue weighted by molar-refractivity contribution is 0.0950. The summed E-state index contributed by atoms with van der Waals surface area (Å²) in [5, 5.41) is 3.36. The first-order chi connectivity index (χ1) is 10.2. The molecule has 1 amide bonds. The summed E-state index contributed by atoms with van der Waals surface area (Å²) in [6.45, 7) is 1.69. The Morgan fingerprint density at radius 1 is 1.24 bits per heavy atom. The number of ether oxygens (including phenoxy) is 2. The van der Waals surface area contributed by atoms with Crippen molar-refractivity contribution >= 4 is 17.5 Å². The molecule has 2 aromatic rings. The third-order valence-corrected chi connectivity index (χ3v) is 3.42. The minimum Gasteiger partial charge on any atom is -0.486 e. The smallest absolute Gasteiger partial charge is 0.267 e. The summed E-state index contributed by atoms with van der Waals surface area (Å²) >= 11 is 5.76. The lowest BCUT2D eigenvalue weighted by Gasteiger charge is -2.18. The van der Waals surface area contributed by atoms with Gasteiger partial charge in [0, 0.05) is 12.7 Å². The number of halogens is 1. The molecular weight excluding hydrogens is 292 g/mol. The molecule has 110 valence electrons. The number of carbonyl (C=O) groups excluding carboxylic acids is 1. The predicted octanol–water partition coefficient (Wildman–Crippen LogP) is 2.41. The van der Waals surface area contributed by atoms with E-state index < -0.39 is 0 Å². The average Bonchev–Trinajstić information content (AvgIpc) is 2.94. The van der Waals surface area contributed by atoms with E-state index in [4.69, 9.17) is 21.1 Å². The fraction of sp³-hybridized carbons (Fsp3) is 0.267. The van der Waals surface area contributed by atoms with Gasteiger partial charge in [-0.3, -0.25) is 4.79 Å². The van der Waals surface area contributed by atoms with Crippen LogP contribution in [0.2, 0.25) is 5.02 Å². The van der Waals surface area contributed by atoms with Crippen LogP contribution in [0.15, 0.2) is 30.5 Å². The van der Waals surface area contributed by atoms with E-state index in [1.165, 1.54) is 0 Å². The van der Waals surface area contributed by atoms with Crippen molar-refractivity contribution in [1.29, 1.82) is 0 Å². The van der Waals surface area contributed by atoms with Crippen molar-refractivity contribution in [3.8, 4) is 11.5 Å². The van der Waals surface area contributed by atoms with Gasteiger partial charge in [0.1, 0.15) is 18.9 Å². The van der Waals surface area contributed by atoms with Crippen LogP contribution < -0.4 is 14.8 Å². The quantitative estimate of drug-likeness (QED) is 0.912. The van der Waals surface area contributed by atoms with E-state index in [1.807, 2.05) is 18.2 Å². The Balaban J connectivity index is 1.54. The maximum Gasteiger partial charge on any atom is 0.267 e. The zero-order valence-corrected chi connectivity index (χ0v) is 12.1. The van der Waals surface area contributed by atoms with Gasteiger partial charge in [0.25, 0.3) is 5.91 Å². The molecule has 0 saturated heterocycles. The Hall–Kier alpha value is -2.14. The number of rotatable bonds is 4. The summed E-state index contributed by atoms with van der Waals surface area (Å²) in [4.78, 5) is 14.6. The van der Waals surface area contributed by atoms with Gasteiger partial charge in [-0.15, -0.1) is 0 Å². The Bertz CT molecular complexity index is 654. The van der Waals surface area contributed by atoms with Crippen LogP contribution in [0.1, 0.15) is 16.1 Å². The van der Waals surface area contributed by atoms with E-state index in [-0.39, 0.29) is 5.91 Å². The topological polar surface area (TPSA) is 63.4 Å². The summed E-state index contributed by atoms with van der Waals surface area (Å²) in [6, 6.07) is 7.43. The Labute approximate surface area is 127 Å². The molecule has 6 heteroatoms. The molecule has 1 aromatic carbocycles. The van der Waals surface area contributed by atoms with Gasteiger partial charge >= 0.3 is 0 Å². The van der Waals surface area contributed by atoms with Crippen molar-refractivity contribution in [1.82, 2.24) is 10.3 Å². The van der Waals surface area contributed by atoms with Crippen molar-refractivity contribution in [3.63, 3.8) is 0 Å². The summed E-state index contributed by atoms with van der Waals surface area (Å²) in [5.74, 6) is 1.37. The maximum atomic E-state index is 11.8. The van der Waals surface area contributed by atoms with E-state index in [0.717, 1.165) is 23.5 Å². The molecule has 1 aromatic heterocycles. The highest BCUT2D eigenvalue weighted by molar-refractivity contribution is 6.30. The van der Waals surface area contributed by atoms with Crippen LogP contribution >= 0.6 is 11.6 Å². The second-order valence-electron chi connectivity index (χ2n) is 4.72.